The maximum Gasteiger partial charge on any atom is 0.166 e. The average molecular weight is 599 g/mol. The monoisotopic (exact) mass is 598 g/mol. The van der Waals surface area contributed by atoms with Gasteiger partial charge in [-0.1, -0.05) is 62.8 Å². The minimum absolute atomic E-state index is 0.767. The van der Waals surface area contributed by atoms with Gasteiger partial charge in [0.25, 0.3) is 0 Å². The number of benzene rings is 2. The van der Waals surface area contributed by atoms with Gasteiger partial charge in [-0.05, 0) is 73.8 Å². The second-order valence-corrected chi connectivity index (χ2v) is 15.2. The van der Waals surface area contributed by atoms with Crippen LogP contribution in [0, 0.1) is 0 Å². The highest BCUT2D eigenvalue weighted by Crippen LogP contribution is 2.40. The van der Waals surface area contributed by atoms with Gasteiger partial charge in [0.15, 0.2) is 8.68 Å². The zero-order chi connectivity index (χ0) is 26.3. The third-order valence-corrected chi connectivity index (χ3v) is 12.3. The van der Waals surface area contributed by atoms with Crippen molar-refractivity contribution in [1.82, 2.24) is 18.6 Å². The van der Waals surface area contributed by atoms with Crippen LogP contribution in [-0.4, -0.2) is 57.0 Å². The van der Waals surface area contributed by atoms with Crippen LogP contribution >= 0.6 is 46.6 Å². The molecule has 0 N–H and O–H groups in total. The minimum Gasteiger partial charge on any atom is -0.379 e. The van der Waals surface area contributed by atoms with Crippen LogP contribution in [0.3, 0.4) is 0 Å². The number of para-hydroxylation sites is 2. The van der Waals surface area contributed by atoms with Crippen LogP contribution in [0.25, 0.3) is 20.4 Å². The van der Waals surface area contributed by atoms with Gasteiger partial charge in [-0.3, -0.25) is 0 Å². The number of aromatic nitrogens is 2. The van der Waals surface area contributed by atoms with E-state index in [1.54, 1.807) is 23.3 Å². The molecule has 0 unspecified atom stereocenters. The Morgan fingerprint density at radius 3 is 1.77 bits per heavy atom. The lowest BCUT2D eigenvalue weighted by Gasteiger charge is -2.40. The predicted molar refractivity (Wildman–Crippen MR) is 169 cm³/mol. The molecule has 5 nitrogen and oxygen atoms in total. The number of rotatable bonds is 6. The fourth-order valence-corrected chi connectivity index (χ4v) is 10.3. The molecule has 1 saturated heterocycles. The summed E-state index contributed by atoms with van der Waals surface area (Å²) in [6.45, 7) is 3.64. The Labute approximate surface area is 249 Å². The quantitative estimate of drug-likeness (QED) is 0.205. The van der Waals surface area contributed by atoms with Crippen molar-refractivity contribution in [3.8, 4) is 0 Å². The number of hydrogen-bond acceptors (Lipinski definition) is 9. The standard InChI is InChI=1S/C19H26N2S2.C11H12N2OS2/c1-3-9-15(10-4-1)21(16-11-5-2-6-12-16)23-19-20-17-13-7-8-14-18(17)22-19;1-2-4-10-9(3-1)12-11(15-10)16-13-5-7-14-8-6-13/h7-8,13-16H,1-6,9-12H2;1-4H,5-8H2. The van der Waals surface area contributed by atoms with Crippen LogP contribution in [-0.2, 0) is 4.74 Å². The van der Waals surface area contributed by atoms with Gasteiger partial charge in [0.2, 0.25) is 0 Å². The van der Waals surface area contributed by atoms with Crippen molar-refractivity contribution >= 4 is 67.0 Å². The van der Waals surface area contributed by atoms with Gasteiger partial charge in [-0.25, -0.2) is 18.6 Å². The van der Waals surface area contributed by atoms with Gasteiger partial charge in [-0.2, -0.15) is 0 Å². The summed E-state index contributed by atoms with van der Waals surface area (Å²) in [6.07, 6.45) is 14.0. The second-order valence-electron chi connectivity index (χ2n) is 10.6. The van der Waals surface area contributed by atoms with Crippen molar-refractivity contribution in [3.63, 3.8) is 0 Å². The Bertz CT molecular complexity index is 1220. The van der Waals surface area contributed by atoms with Crippen molar-refractivity contribution in [3.05, 3.63) is 48.5 Å². The van der Waals surface area contributed by atoms with Crippen LogP contribution in [0.5, 0.6) is 0 Å². The molecule has 3 heterocycles. The first-order valence-corrected chi connectivity index (χ1v) is 17.7. The van der Waals surface area contributed by atoms with Crippen LogP contribution in [0.4, 0.5) is 0 Å². The highest BCUT2D eigenvalue weighted by atomic mass is 32.2. The van der Waals surface area contributed by atoms with Gasteiger partial charge in [0.1, 0.15) is 0 Å². The molecular formula is C30H38N4OS4. The number of nitrogens with zero attached hydrogens (tertiary/aromatic N) is 4. The lowest BCUT2D eigenvalue weighted by Crippen LogP contribution is -2.40. The van der Waals surface area contributed by atoms with Crippen LogP contribution in [0.2, 0.25) is 0 Å². The normalized spacial score (nSPS) is 19.9. The summed E-state index contributed by atoms with van der Waals surface area (Å²) in [7, 11) is 0. The topological polar surface area (TPSA) is 41.5 Å². The summed E-state index contributed by atoms with van der Waals surface area (Å²) in [5, 5.41) is 0. The molecule has 0 amide bonds. The van der Waals surface area contributed by atoms with Crippen molar-refractivity contribution < 1.29 is 4.74 Å². The smallest absolute Gasteiger partial charge is 0.166 e. The Morgan fingerprint density at radius 1 is 0.692 bits per heavy atom. The Kier molecular flexibility index (Phi) is 10.1. The van der Waals surface area contributed by atoms with E-state index >= 15 is 0 Å². The molecule has 0 bridgehead atoms. The second kappa shape index (κ2) is 14.1. The van der Waals surface area contributed by atoms with E-state index in [1.807, 2.05) is 29.4 Å². The van der Waals surface area contributed by atoms with Gasteiger partial charge in [0, 0.05) is 25.2 Å². The molecule has 0 radical (unpaired) electrons. The maximum atomic E-state index is 5.32. The fourth-order valence-electron chi connectivity index (χ4n) is 5.74. The first-order chi connectivity index (χ1) is 19.3. The van der Waals surface area contributed by atoms with E-state index in [2.05, 4.69) is 56.1 Å². The van der Waals surface area contributed by atoms with Crippen LogP contribution < -0.4 is 0 Å². The van der Waals surface area contributed by atoms with Crippen molar-refractivity contribution in [2.75, 3.05) is 26.3 Å². The summed E-state index contributed by atoms with van der Waals surface area (Å²) < 4.78 is 15.4. The number of morpholine rings is 1. The molecule has 2 aromatic carbocycles. The number of fused-ring (bicyclic) bond motifs is 2. The lowest BCUT2D eigenvalue weighted by atomic mass is 9.91. The predicted octanol–water partition coefficient (Wildman–Crippen LogP) is 8.91. The largest absolute Gasteiger partial charge is 0.379 e. The lowest BCUT2D eigenvalue weighted by molar-refractivity contribution is 0.0773. The van der Waals surface area contributed by atoms with Crippen molar-refractivity contribution in [2.24, 2.45) is 0 Å². The zero-order valence-electron chi connectivity index (χ0n) is 22.5. The number of hydrogen-bond donors (Lipinski definition) is 0. The molecule has 2 saturated carbocycles. The molecule has 2 aliphatic carbocycles. The Hall–Kier alpha value is -1.20. The summed E-state index contributed by atoms with van der Waals surface area (Å²) in [4.78, 5) is 9.49. The zero-order valence-corrected chi connectivity index (χ0v) is 25.8. The molecule has 9 heteroatoms. The summed E-state index contributed by atoms with van der Waals surface area (Å²) >= 11 is 7.34. The summed E-state index contributed by atoms with van der Waals surface area (Å²) in [5.41, 5.74) is 2.26. The van der Waals surface area contributed by atoms with Crippen LogP contribution in [0.1, 0.15) is 64.2 Å². The highest BCUT2D eigenvalue weighted by Gasteiger charge is 2.30. The molecule has 39 heavy (non-hydrogen) atoms. The van der Waals surface area contributed by atoms with Gasteiger partial charge < -0.3 is 4.74 Å². The molecule has 1 aliphatic heterocycles. The molecule has 2 aromatic heterocycles. The van der Waals surface area contributed by atoms with E-state index in [0.717, 1.165) is 53.8 Å². The first-order valence-electron chi connectivity index (χ1n) is 14.5. The number of thiazole rings is 2. The molecule has 3 fully saturated rings. The molecule has 7 rings (SSSR count). The molecule has 0 atom stereocenters. The van der Waals surface area contributed by atoms with E-state index in [4.69, 9.17) is 9.72 Å². The van der Waals surface area contributed by atoms with Gasteiger partial charge >= 0.3 is 0 Å². The van der Waals surface area contributed by atoms with E-state index in [9.17, 15) is 0 Å². The van der Waals surface area contributed by atoms with Gasteiger partial charge in [0.05, 0.1) is 33.6 Å². The Balaban J connectivity index is 0.000000151. The average Bonchev–Trinajstić information content (AvgIpc) is 3.61. The molecule has 208 valence electrons. The highest BCUT2D eigenvalue weighted by molar-refractivity contribution is 7.99. The first kappa shape index (κ1) is 27.9. The van der Waals surface area contributed by atoms with Gasteiger partial charge in [-0.15, -0.1) is 22.7 Å². The molecule has 4 aromatic rings. The van der Waals surface area contributed by atoms with E-state index in [1.165, 1.54) is 77.9 Å². The molecule has 0 spiro atoms. The van der Waals surface area contributed by atoms with Crippen molar-refractivity contribution in [1.29, 1.82) is 0 Å². The third-order valence-electron chi connectivity index (χ3n) is 7.78. The summed E-state index contributed by atoms with van der Waals surface area (Å²) in [6, 6.07) is 18.4. The SMILES string of the molecule is c1ccc2sc(SN(C3CCCCC3)C3CCCCC3)nc2c1.c1ccc2sc(SN3CCOCC3)nc2c1. The minimum atomic E-state index is 0.767. The molecule has 3 aliphatic rings. The van der Waals surface area contributed by atoms with Crippen molar-refractivity contribution in [2.45, 2.75) is 85.0 Å². The summed E-state index contributed by atoms with van der Waals surface area (Å²) in [5.74, 6) is 0. The van der Waals surface area contributed by atoms with Crippen LogP contribution in [0.15, 0.2) is 57.2 Å². The van der Waals surface area contributed by atoms with E-state index < -0.39 is 0 Å². The maximum absolute atomic E-state index is 5.32. The Morgan fingerprint density at radius 2 is 1.21 bits per heavy atom. The van der Waals surface area contributed by atoms with E-state index in [-0.39, 0.29) is 0 Å². The third kappa shape index (κ3) is 7.56. The number of ether oxygens (including phenoxy) is 1. The van der Waals surface area contributed by atoms with E-state index in [0.29, 0.717) is 0 Å². The molecular weight excluding hydrogens is 561 g/mol. The fraction of sp³-hybridized carbons (Fsp3) is 0.533.